The molecular formula is C22H20ClF5N4O3. The summed E-state index contributed by atoms with van der Waals surface area (Å²) >= 11 is 5.89. The highest BCUT2D eigenvalue weighted by Crippen LogP contribution is 2.32. The van der Waals surface area contributed by atoms with Crippen LogP contribution in [-0.4, -0.2) is 32.5 Å². The lowest BCUT2D eigenvalue weighted by Crippen LogP contribution is -2.32. The minimum Gasteiger partial charge on any atom is -0.480 e. The van der Waals surface area contributed by atoms with E-state index in [2.05, 4.69) is 10.4 Å². The third-order valence-corrected chi connectivity index (χ3v) is 5.37. The molecule has 13 heteroatoms. The number of hydrogen-bond donors (Lipinski definition) is 1. The van der Waals surface area contributed by atoms with Crippen molar-refractivity contribution in [2.45, 2.75) is 46.0 Å². The summed E-state index contributed by atoms with van der Waals surface area (Å²) in [5, 5.41) is 5.97. The summed E-state index contributed by atoms with van der Waals surface area (Å²) in [5.74, 6) is -3.64. The van der Waals surface area contributed by atoms with Crippen molar-refractivity contribution in [3.63, 3.8) is 0 Å². The van der Waals surface area contributed by atoms with Crippen molar-refractivity contribution in [2.24, 2.45) is 0 Å². The largest absolute Gasteiger partial charge is 0.480 e. The zero-order chi connectivity index (χ0) is 26.1. The summed E-state index contributed by atoms with van der Waals surface area (Å²) in [6.45, 7) is 4.30. The van der Waals surface area contributed by atoms with Crippen molar-refractivity contribution in [2.75, 3.05) is 5.32 Å². The fourth-order valence-electron chi connectivity index (χ4n) is 3.21. The third kappa shape index (κ3) is 5.31. The second-order valence-electron chi connectivity index (χ2n) is 7.36. The number of aromatic nitrogens is 3. The van der Waals surface area contributed by atoms with Gasteiger partial charge in [0.25, 0.3) is 5.91 Å². The molecule has 7 nitrogen and oxygen atoms in total. The topological polar surface area (TPSA) is 78.2 Å². The Balaban J connectivity index is 2.16. The highest BCUT2D eigenvalue weighted by atomic mass is 35.5. The fraction of sp³-hybridized carbons (Fsp3) is 0.318. The highest BCUT2D eigenvalue weighted by molar-refractivity contribution is 6.34. The molecule has 188 valence electrons. The zero-order valence-corrected chi connectivity index (χ0v) is 19.5. The molecule has 0 saturated carbocycles. The fourth-order valence-corrected chi connectivity index (χ4v) is 3.42. The lowest BCUT2D eigenvalue weighted by Gasteiger charge is -2.20. The molecule has 0 bridgehead atoms. The normalized spacial score (nSPS) is 12.5. The molecule has 0 aliphatic rings. The van der Waals surface area contributed by atoms with E-state index in [9.17, 15) is 27.2 Å². The van der Waals surface area contributed by atoms with Gasteiger partial charge in [0.2, 0.25) is 0 Å². The number of hydrogen-bond acceptors (Lipinski definition) is 4. The number of nitrogens with one attached hydrogen (secondary N) is 1. The number of nitrogens with zero attached hydrogens (tertiary/aromatic N) is 3. The molecule has 1 atom stereocenters. The number of carbonyl (C=O) groups is 1. The molecule has 35 heavy (non-hydrogen) atoms. The zero-order valence-electron chi connectivity index (χ0n) is 18.7. The van der Waals surface area contributed by atoms with Gasteiger partial charge in [-0.3, -0.25) is 9.36 Å². The molecular weight excluding hydrogens is 499 g/mol. The third-order valence-electron chi connectivity index (χ3n) is 5.06. The first-order valence-corrected chi connectivity index (χ1v) is 10.8. The van der Waals surface area contributed by atoms with Gasteiger partial charge in [-0.25, -0.2) is 13.6 Å². The molecule has 1 heterocycles. The van der Waals surface area contributed by atoms with Crippen molar-refractivity contribution in [1.82, 2.24) is 14.3 Å². The van der Waals surface area contributed by atoms with Crippen LogP contribution in [0, 0.1) is 11.6 Å². The monoisotopic (exact) mass is 518 g/mol. The maximum absolute atomic E-state index is 15.1. The molecule has 1 amide bonds. The minimum absolute atomic E-state index is 0.190. The van der Waals surface area contributed by atoms with Gasteiger partial charge in [0.15, 0.2) is 6.10 Å². The molecule has 1 aromatic heterocycles. The van der Waals surface area contributed by atoms with Gasteiger partial charge in [-0.1, -0.05) is 24.6 Å². The van der Waals surface area contributed by atoms with Crippen LogP contribution < -0.4 is 15.7 Å². The van der Waals surface area contributed by atoms with E-state index >= 15 is 4.39 Å². The molecule has 0 aliphatic heterocycles. The van der Waals surface area contributed by atoms with E-state index < -0.39 is 58.2 Å². The van der Waals surface area contributed by atoms with Crippen molar-refractivity contribution >= 4 is 23.2 Å². The van der Waals surface area contributed by atoms with Gasteiger partial charge in [0.05, 0.1) is 16.3 Å². The van der Waals surface area contributed by atoms with Crippen LogP contribution in [0.4, 0.5) is 27.6 Å². The molecule has 0 fully saturated rings. The van der Waals surface area contributed by atoms with Crippen LogP contribution in [0.15, 0.2) is 35.1 Å². The van der Waals surface area contributed by atoms with Crippen LogP contribution in [0.1, 0.15) is 37.0 Å². The van der Waals surface area contributed by atoms with Gasteiger partial charge in [-0.2, -0.15) is 17.9 Å². The van der Waals surface area contributed by atoms with E-state index in [1.807, 2.05) is 0 Å². The van der Waals surface area contributed by atoms with E-state index in [1.54, 1.807) is 13.8 Å². The first-order chi connectivity index (χ1) is 16.4. The summed E-state index contributed by atoms with van der Waals surface area (Å²) in [6, 6.07) is 4.90. The maximum atomic E-state index is 15.1. The number of halogens is 6. The summed E-state index contributed by atoms with van der Waals surface area (Å²) in [4.78, 5) is 25.5. The van der Waals surface area contributed by atoms with Crippen LogP contribution in [0.5, 0.6) is 5.75 Å². The number of benzene rings is 2. The quantitative estimate of drug-likeness (QED) is 0.440. The molecule has 2 aromatic carbocycles. The van der Waals surface area contributed by atoms with Crippen molar-refractivity contribution in [1.29, 1.82) is 0 Å². The Hall–Kier alpha value is -3.41. The molecule has 0 radical (unpaired) electrons. The van der Waals surface area contributed by atoms with E-state index in [-0.39, 0.29) is 11.6 Å². The van der Waals surface area contributed by atoms with Crippen LogP contribution in [0.2, 0.25) is 5.02 Å². The Morgan fingerprint density at radius 3 is 2.43 bits per heavy atom. The Morgan fingerprint density at radius 1 is 1.20 bits per heavy atom. The number of anilines is 1. The van der Waals surface area contributed by atoms with Gasteiger partial charge < -0.3 is 10.1 Å². The van der Waals surface area contributed by atoms with Gasteiger partial charge >= 0.3 is 11.9 Å². The SMILES string of the molecule is CCc1nn(-c2cc(O[C@@H](C)C(F)(F)F)c(C(=O)Nc3c(F)cccc3Cl)cc2F)c(=O)n1CC. The van der Waals surface area contributed by atoms with E-state index in [4.69, 9.17) is 16.3 Å². The van der Waals surface area contributed by atoms with E-state index in [0.717, 1.165) is 12.1 Å². The predicted molar refractivity (Wildman–Crippen MR) is 118 cm³/mol. The van der Waals surface area contributed by atoms with E-state index in [1.165, 1.54) is 16.7 Å². The summed E-state index contributed by atoms with van der Waals surface area (Å²) in [7, 11) is 0. The van der Waals surface area contributed by atoms with Gasteiger partial charge in [-0.15, -0.1) is 5.10 Å². The molecule has 0 unspecified atom stereocenters. The standard InChI is InChI=1S/C22H20ClF5N4O3/c1-4-18-30-32(21(34)31(18)5-2)16-10-17(35-11(3)22(26,27)28)12(9-15(16)25)20(33)29-19-13(23)7-6-8-14(19)24/h6-11H,4-5H2,1-3H3,(H,29,33)/t11-/m0/s1. The first kappa shape index (κ1) is 26.2. The number of rotatable bonds is 7. The predicted octanol–water partition coefficient (Wildman–Crippen LogP) is 5.13. The van der Waals surface area contributed by atoms with Gasteiger partial charge in [0.1, 0.15) is 28.9 Å². The Labute approximate surface area is 201 Å². The number of amides is 1. The lowest BCUT2D eigenvalue weighted by molar-refractivity contribution is -0.189. The summed E-state index contributed by atoms with van der Waals surface area (Å²) < 4.78 is 75.7. The number of para-hydroxylation sites is 1. The van der Waals surface area contributed by atoms with Crippen LogP contribution >= 0.6 is 11.6 Å². The average Bonchev–Trinajstić information content (AvgIpc) is 3.11. The van der Waals surface area contributed by atoms with Crippen molar-refractivity contribution in [3.8, 4) is 11.4 Å². The molecule has 0 aliphatic carbocycles. The van der Waals surface area contributed by atoms with Crippen LogP contribution in [-0.2, 0) is 13.0 Å². The molecule has 0 saturated heterocycles. The highest BCUT2D eigenvalue weighted by Gasteiger charge is 2.39. The summed E-state index contributed by atoms with van der Waals surface area (Å²) in [5.41, 5.74) is -2.39. The van der Waals surface area contributed by atoms with Gasteiger partial charge in [-0.05, 0) is 32.0 Å². The maximum Gasteiger partial charge on any atom is 0.425 e. The Kier molecular flexibility index (Phi) is 7.53. The Morgan fingerprint density at radius 2 is 1.89 bits per heavy atom. The Bertz CT molecular complexity index is 1300. The number of ether oxygens (including phenoxy) is 1. The van der Waals surface area contributed by atoms with Crippen molar-refractivity contribution < 1.29 is 31.5 Å². The second-order valence-corrected chi connectivity index (χ2v) is 7.77. The molecule has 1 N–H and O–H groups in total. The number of aryl methyl sites for hydroxylation is 1. The number of alkyl halides is 3. The average molecular weight is 519 g/mol. The minimum atomic E-state index is -4.83. The molecule has 3 aromatic rings. The van der Waals surface area contributed by atoms with Crippen molar-refractivity contribution in [3.05, 3.63) is 68.9 Å². The van der Waals surface area contributed by atoms with Crippen LogP contribution in [0.25, 0.3) is 5.69 Å². The molecule has 3 rings (SSSR count). The smallest absolute Gasteiger partial charge is 0.425 e. The van der Waals surface area contributed by atoms with Crippen LogP contribution in [0.3, 0.4) is 0 Å². The first-order valence-electron chi connectivity index (χ1n) is 10.4. The lowest BCUT2D eigenvalue weighted by atomic mass is 10.1. The summed E-state index contributed by atoms with van der Waals surface area (Å²) in [6.07, 6.45) is -6.90. The second kappa shape index (κ2) is 10.1. The van der Waals surface area contributed by atoms with Gasteiger partial charge in [0, 0.05) is 19.0 Å². The molecule has 0 spiro atoms. The number of carbonyl (C=O) groups excluding carboxylic acids is 1. The van der Waals surface area contributed by atoms with E-state index in [0.29, 0.717) is 29.9 Å².